The van der Waals surface area contributed by atoms with Gasteiger partial charge in [0.15, 0.2) is 0 Å². The van der Waals surface area contributed by atoms with Crippen LogP contribution in [0.25, 0.3) is 0 Å². The van der Waals surface area contributed by atoms with Gasteiger partial charge < -0.3 is 15.4 Å². The van der Waals surface area contributed by atoms with Crippen molar-refractivity contribution >= 4 is 42.1 Å². The number of aryl methyl sites for hydroxylation is 1. The van der Waals surface area contributed by atoms with Crippen LogP contribution in [0.1, 0.15) is 47.1 Å². The lowest BCUT2D eigenvalue weighted by Gasteiger charge is -2.37. The quantitative estimate of drug-likeness (QED) is 0.722. The van der Waals surface area contributed by atoms with Gasteiger partial charge in [0.2, 0.25) is 0 Å². The third-order valence-corrected chi connectivity index (χ3v) is 5.36. The molecule has 0 unspecified atom stereocenters. The molecular weight excluding hydrogens is 381 g/mol. The van der Waals surface area contributed by atoms with Gasteiger partial charge in [-0.05, 0) is 45.2 Å². The van der Waals surface area contributed by atoms with E-state index >= 15 is 0 Å². The maximum absolute atomic E-state index is 12.7. The third kappa shape index (κ3) is 7.02. The molecule has 0 saturated carbocycles. The van der Waals surface area contributed by atoms with Gasteiger partial charge in [0.25, 0.3) is 5.91 Å². The van der Waals surface area contributed by atoms with E-state index in [0.717, 1.165) is 47.9 Å². The standard InChI is InChI=1S/C17H29N3O2S.2ClH/c1-12(2)9-14-15(23-13(3)20-14)16(21)19-10-17(11-22-4)5-7-18-8-6-17;;/h12,18H,5-11H2,1-4H3,(H,19,21);2*1H. The van der Waals surface area contributed by atoms with Crippen molar-refractivity contribution in [3.8, 4) is 0 Å². The van der Waals surface area contributed by atoms with Crippen molar-refractivity contribution in [1.29, 1.82) is 0 Å². The summed E-state index contributed by atoms with van der Waals surface area (Å²) >= 11 is 1.50. The second kappa shape index (κ2) is 11.3. The Balaban J connectivity index is 0.00000288. The van der Waals surface area contributed by atoms with Crippen molar-refractivity contribution < 1.29 is 9.53 Å². The minimum atomic E-state index is 0. The average molecular weight is 412 g/mol. The van der Waals surface area contributed by atoms with E-state index in [1.54, 1.807) is 7.11 Å². The van der Waals surface area contributed by atoms with Gasteiger partial charge in [-0.2, -0.15) is 0 Å². The molecule has 0 radical (unpaired) electrons. The molecule has 1 fully saturated rings. The SMILES string of the molecule is COCC1(CNC(=O)c2sc(C)nc2CC(C)C)CCNCC1.Cl.Cl. The number of amides is 1. The highest BCUT2D eigenvalue weighted by Crippen LogP contribution is 2.29. The van der Waals surface area contributed by atoms with Gasteiger partial charge in [0.05, 0.1) is 17.3 Å². The van der Waals surface area contributed by atoms with Crippen LogP contribution in [0.15, 0.2) is 0 Å². The molecule has 0 aromatic carbocycles. The minimum Gasteiger partial charge on any atom is -0.384 e. The highest BCUT2D eigenvalue weighted by Gasteiger charge is 2.33. The summed E-state index contributed by atoms with van der Waals surface area (Å²) in [6.07, 6.45) is 2.91. The summed E-state index contributed by atoms with van der Waals surface area (Å²) < 4.78 is 5.41. The summed E-state index contributed by atoms with van der Waals surface area (Å²) in [5, 5.41) is 7.48. The molecule has 1 aromatic heterocycles. The summed E-state index contributed by atoms with van der Waals surface area (Å²) in [4.78, 5) is 18.0. The Morgan fingerprint density at radius 2 is 2.00 bits per heavy atom. The lowest BCUT2D eigenvalue weighted by atomic mass is 9.79. The lowest BCUT2D eigenvalue weighted by molar-refractivity contribution is 0.0512. The van der Waals surface area contributed by atoms with Crippen LogP contribution in [0.3, 0.4) is 0 Å². The summed E-state index contributed by atoms with van der Waals surface area (Å²) in [7, 11) is 1.74. The first-order valence-corrected chi connectivity index (χ1v) is 9.21. The first-order valence-electron chi connectivity index (χ1n) is 8.40. The molecular formula is C17H31Cl2N3O2S. The summed E-state index contributed by atoms with van der Waals surface area (Å²) in [5.74, 6) is 0.507. The number of halogens is 2. The van der Waals surface area contributed by atoms with Crippen LogP contribution < -0.4 is 10.6 Å². The number of hydrogen-bond donors (Lipinski definition) is 2. The number of hydrogen-bond acceptors (Lipinski definition) is 5. The predicted molar refractivity (Wildman–Crippen MR) is 109 cm³/mol. The van der Waals surface area contributed by atoms with Crippen molar-refractivity contribution in [2.24, 2.45) is 11.3 Å². The maximum atomic E-state index is 12.7. The highest BCUT2D eigenvalue weighted by molar-refractivity contribution is 7.13. The summed E-state index contributed by atoms with van der Waals surface area (Å²) in [5.41, 5.74) is 0.985. The van der Waals surface area contributed by atoms with Gasteiger partial charge in [0, 0.05) is 19.1 Å². The van der Waals surface area contributed by atoms with E-state index in [-0.39, 0.29) is 36.1 Å². The highest BCUT2D eigenvalue weighted by atomic mass is 35.5. The zero-order valence-corrected chi connectivity index (χ0v) is 18.0. The van der Waals surface area contributed by atoms with Gasteiger partial charge in [-0.1, -0.05) is 13.8 Å². The fourth-order valence-electron chi connectivity index (χ4n) is 3.16. The Morgan fingerprint density at radius 3 is 2.56 bits per heavy atom. The Morgan fingerprint density at radius 1 is 1.36 bits per heavy atom. The minimum absolute atomic E-state index is 0. The van der Waals surface area contributed by atoms with Gasteiger partial charge in [-0.25, -0.2) is 4.98 Å². The number of nitrogens with one attached hydrogen (secondary N) is 2. The fourth-order valence-corrected chi connectivity index (χ4v) is 4.02. The molecule has 8 heteroatoms. The molecule has 0 aliphatic carbocycles. The second-order valence-corrected chi connectivity index (χ2v) is 8.18. The third-order valence-electron chi connectivity index (χ3n) is 4.35. The zero-order valence-electron chi connectivity index (χ0n) is 15.5. The largest absolute Gasteiger partial charge is 0.384 e. The van der Waals surface area contributed by atoms with E-state index in [4.69, 9.17) is 4.74 Å². The molecule has 0 spiro atoms. The number of ether oxygens (including phenoxy) is 1. The summed E-state index contributed by atoms with van der Waals surface area (Å²) in [6.45, 7) is 9.59. The van der Waals surface area contributed by atoms with Crippen LogP contribution in [0.5, 0.6) is 0 Å². The van der Waals surface area contributed by atoms with E-state index in [1.807, 2.05) is 6.92 Å². The molecule has 1 aliphatic rings. The van der Waals surface area contributed by atoms with Crippen LogP contribution in [0.4, 0.5) is 0 Å². The van der Waals surface area contributed by atoms with E-state index in [2.05, 4.69) is 29.5 Å². The van der Waals surface area contributed by atoms with Gasteiger partial charge >= 0.3 is 0 Å². The molecule has 1 aliphatic heterocycles. The predicted octanol–water partition coefficient (Wildman–Crippen LogP) is 3.24. The van der Waals surface area contributed by atoms with E-state index in [0.29, 0.717) is 19.1 Å². The molecule has 2 heterocycles. The van der Waals surface area contributed by atoms with Crippen molar-refractivity contribution in [2.45, 2.75) is 40.0 Å². The summed E-state index contributed by atoms with van der Waals surface area (Å²) in [6, 6.07) is 0. The maximum Gasteiger partial charge on any atom is 0.263 e. The second-order valence-electron chi connectivity index (χ2n) is 6.97. The van der Waals surface area contributed by atoms with E-state index < -0.39 is 0 Å². The number of carbonyl (C=O) groups excluding carboxylic acids is 1. The number of thiazole rings is 1. The smallest absolute Gasteiger partial charge is 0.263 e. The molecule has 2 rings (SSSR count). The molecule has 0 atom stereocenters. The molecule has 2 N–H and O–H groups in total. The molecule has 1 amide bonds. The fraction of sp³-hybridized carbons (Fsp3) is 0.765. The van der Waals surface area contributed by atoms with Crippen LogP contribution in [-0.2, 0) is 11.2 Å². The molecule has 25 heavy (non-hydrogen) atoms. The first kappa shape index (κ1) is 24.6. The van der Waals surface area contributed by atoms with Crippen LogP contribution in [0.2, 0.25) is 0 Å². The van der Waals surface area contributed by atoms with Crippen LogP contribution in [-0.4, -0.2) is 44.2 Å². The molecule has 0 bridgehead atoms. The van der Waals surface area contributed by atoms with Crippen LogP contribution in [0, 0.1) is 18.3 Å². The number of rotatable bonds is 7. The van der Waals surface area contributed by atoms with Gasteiger partial charge in [-0.3, -0.25) is 4.79 Å². The number of methoxy groups -OCH3 is 1. The Kier molecular flexibility index (Phi) is 11.2. The van der Waals surface area contributed by atoms with Crippen molar-refractivity contribution in [3.63, 3.8) is 0 Å². The van der Waals surface area contributed by atoms with Crippen molar-refractivity contribution in [3.05, 3.63) is 15.6 Å². The number of piperidine rings is 1. The first-order chi connectivity index (χ1) is 11.0. The van der Waals surface area contributed by atoms with Crippen molar-refractivity contribution in [2.75, 3.05) is 33.4 Å². The van der Waals surface area contributed by atoms with Crippen molar-refractivity contribution in [1.82, 2.24) is 15.6 Å². The van der Waals surface area contributed by atoms with Gasteiger partial charge in [-0.15, -0.1) is 36.2 Å². The zero-order chi connectivity index (χ0) is 16.9. The molecule has 146 valence electrons. The Bertz CT molecular complexity index is 526. The average Bonchev–Trinajstić information content (AvgIpc) is 2.86. The molecule has 5 nitrogen and oxygen atoms in total. The van der Waals surface area contributed by atoms with E-state index in [9.17, 15) is 4.79 Å². The monoisotopic (exact) mass is 411 g/mol. The van der Waals surface area contributed by atoms with Gasteiger partial charge in [0.1, 0.15) is 4.88 Å². The Labute approximate surface area is 167 Å². The molecule has 1 saturated heterocycles. The normalized spacial score (nSPS) is 16.0. The number of aromatic nitrogens is 1. The number of nitrogens with zero attached hydrogens (tertiary/aromatic N) is 1. The van der Waals surface area contributed by atoms with E-state index in [1.165, 1.54) is 11.3 Å². The van der Waals surface area contributed by atoms with Crippen LogP contribution >= 0.6 is 36.2 Å². The molecule has 1 aromatic rings. The Hall–Kier alpha value is -0.400. The number of carbonyl (C=O) groups is 1. The topological polar surface area (TPSA) is 63.2 Å². The lowest BCUT2D eigenvalue weighted by Crippen LogP contribution is -2.47.